The molecule has 1 aliphatic heterocycles. The molecule has 0 aromatic rings. The Kier molecular flexibility index (Phi) is 4.99. The second-order valence-corrected chi connectivity index (χ2v) is 5.57. The first-order valence-corrected chi connectivity index (χ1v) is 7.19. The summed E-state index contributed by atoms with van der Waals surface area (Å²) in [6.45, 7) is 2.34. The second-order valence-electron chi connectivity index (χ2n) is 5.57. The molecule has 0 aromatic heterocycles. The minimum Gasteiger partial charge on any atom is -0.396 e. The van der Waals surface area contributed by atoms with E-state index in [1.807, 2.05) is 0 Å². The second kappa shape index (κ2) is 6.50. The molecular weight excluding hydrogens is 214 g/mol. The van der Waals surface area contributed by atoms with Gasteiger partial charge in [-0.15, -0.1) is 0 Å². The number of nitrogens with zero attached hydrogens (tertiary/aromatic N) is 1. The molecular formula is C14H25NO2. The fourth-order valence-corrected chi connectivity index (χ4v) is 3.31. The molecule has 3 heteroatoms. The summed E-state index contributed by atoms with van der Waals surface area (Å²) in [5.41, 5.74) is 0. The van der Waals surface area contributed by atoms with Crippen molar-refractivity contribution in [1.29, 1.82) is 0 Å². The number of rotatable bonds is 4. The topological polar surface area (TPSA) is 40.5 Å². The van der Waals surface area contributed by atoms with Gasteiger partial charge in [0.25, 0.3) is 0 Å². The number of hydrogen-bond donors (Lipinski definition) is 1. The lowest BCUT2D eigenvalue weighted by Crippen LogP contribution is -2.44. The molecule has 0 amide bonds. The van der Waals surface area contributed by atoms with Crippen molar-refractivity contribution < 1.29 is 9.90 Å². The Balaban J connectivity index is 1.88. The Morgan fingerprint density at radius 3 is 2.76 bits per heavy atom. The van der Waals surface area contributed by atoms with Crippen molar-refractivity contribution in [2.75, 3.05) is 19.7 Å². The first-order chi connectivity index (χ1) is 8.31. The lowest BCUT2D eigenvalue weighted by Gasteiger charge is -2.38. The largest absolute Gasteiger partial charge is 0.396 e. The fraction of sp³-hybridized carbons (Fsp3) is 0.929. The molecule has 1 saturated carbocycles. The molecule has 2 unspecified atom stereocenters. The van der Waals surface area contributed by atoms with Gasteiger partial charge in [0.15, 0.2) is 0 Å². The monoisotopic (exact) mass is 239 g/mol. The zero-order chi connectivity index (χ0) is 12.1. The number of likely N-dealkylation sites (tertiary alicyclic amines) is 1. The van der Waals surface area contributed by atoms with Gasteiger partial charge in [-0.1, -0.05) is 12.8 Å². The number of hydrogen-bond acceptors (Lipinski definition) is 3. The van der Waals surface area contributed by atoms with Crippen LogP contribution in [0.2, 0.25) is 0 Å². The van der Waals surface area contributed by atoms with Crippen molar-refractivity contribution in [2.45, 2.75) is 57.4 Å². The number of carbonyl (C=O) groups excluding carboxylic acids is 1. The van der Waals surface area contributed by atoms with E-state index < -0.39 is 0 Å². The lowest BCUT2D eigenvalue weighted by molar-refractivity contribution is -0.125. The Morgan fingerprint density at radius 1 is 1.18 bits per heavy atom. The van der Waals surface area contributed by atoms with Crippen LogP contribution in [0.4, 0.5) is 0 Å². The van der Waals surface area contributed by atoms with E-state index in [0.717, 1.165) is 38.8 Å². The van der Waals surface area contributed by atoms with Crippen LogP contribution >= 0.6 is 0 Å². The van der Waals surface area contributed by atoms with Crippen LogP contribution in [0.15, 0.2) is 0 Å². The van der Waals surface area contributed by atoms with Gasteiger partial charge in [-0.2, -0.15) is 0 Å². The van der Waals surface area contributed by atoms with Crippen molar-refractivity contribution in [3.63, 3.8) is 0 Å². The minimum absolute atomic E-state index is 0.278. The molecule has 0 bridgehead atoms. The van der Waals surface area contributed by atoms with Gasteiger partial charge in [0, 0.05) is 31.5 Å². The molecule has 2 rings (SSSR count). The highest BCUT2D eigenvalue weighted by atomic mass is 16.3. The number of aliphatic hydroxyl groups is 1. The molecule has 0 aromatic carbocycles. The third-order valence-corrected chi connectivity index (χ3v) is 4.35. The predicted molar refractivity (Wildman–Crippen MR) is 67.9 cm³/mol. The molecule has 2 aliphatic rings. The highest BCUT2D eigenvalue weighted by Gasteiger charge is 2.28. The van der Waals surface area contributed by atoms with E-state index in [1.165, 1.54) is 25.7 Å². The van der Waals surface area contributed by atoms with E-state index in [2.05, 4.69) is 4.90 Å². The third-order valence-electron chi connectivity index (χ3n) is 4.35. The van der Waals surface area contributed by atoms with Crippen LogP contribution in [0.3, 0.4) is 0 Å². The van der Waals surface area contributed by atoms with Gasteiger partial charge in [-0.3, -0.25) is 9.69 Å². The fourth-order valence-electron chi connectivity index (χ4n) is 3.31. The van der Waals surface area contributed by atoms with Crippen molar-refractivity contribution in [2.24, 2.45) is 5.92 Å². The average Bonchev–Trinajstić information content (AvgIpc) is 2.35. The summed E-state index contributed by atoms with van der Waals surface area (Å²) in [5, 5.41) is 9.10. The first kappa shape index (κ1) is 13.0. The summed E-state index contributed by atoms with van der Waals surface area (Å²) in [7, 11) is 0. The molecule has 0 spiro atoms. The molecule has 1 saturated heterocycles. The van der Waals surface area contributed by atoms with E-state index in [1.54, 1.807) is 0 Å². The normalized spacial score (nSPS) is 31.7. The molecule has 1 N–H and O–H groups in total. The van der Waals surface area contributed by atoms with Crippen molar-refractivity contribution in [3.8, 4) is 0 Å². The molecule has 17 heavy (non-hydrogen) atoms. The van der Waals surface area contributed by atoms with E-state index >= 15 is 0 Å². The summed E-state index contributed by atoms with van der Waals surface area (Å²) < 4.78 is 0. The standard InChI is InChI=1S/C14H25NO2/c16-10-8-13-6-3-4-9-15(13)11-12-5-1-2-7-14(12)17/h12-13,16H,1-11H2. The molecule has 0 radical (unpaired) electrons. The van der Waals surface area contributed by atoms with Gasteiger partial charge in [0.05, 0.1) is 0 Å². The van der Waals surface area contributed by atoms with E-state index in [4.69, 9.17) is 5.11 Å². The number of aliphatic hydroxyl groups excluding tert-OH is 1. The number of piperidine rings is 1. The summed E-state index contributed by atoms with van der Waals surface area (Å²) in [4.78, 5) is 14.3. The van der Waals surface area contributed by atoms with Gasteiger partial charge in [0.1, 0.15) is 5.78 Å². The maximum atomic E-state index is 11.9. The van der Waals surface area contributed by atoms with Crippen molar-refractivity contribution >= 4 is 5.78 Å². The van der Waals surface area contributed by atoms with Gasteiger partial charge in [-0.05, 0) is 38.6 Å². The Labute approximate surface area is 104 Å². The highest BCUT2D eigenvalue weighted by molar-refractivity contribution is 5.81. The van der Waals surface area contributed by atoms with Crippen LogP contribution in [0.25, 0.3) is 0 Å². The summed E-state index contributed by atoms with van der Waals surface area (Å²) in [5.74, 6) is 0.757. The minimum atomic E-state index is 0.278. The number of carbonyl (C=O) groups is 1. The predicted octanol–water partition coefficient (Wildman–Crippen LogP) is 1.98. The SMILES string of the molecule is O=C1CCCCC1CN1CCCCC1CCO. The zero-order valence-electron chi connectivity index (χ0n) is 10.7. The van der Waals surface area contributed by atoms with Gasteiger partial charge in [0.2, 0.25) is 0 Å². The maximum Gasteiger partial charge on any atom is 0.137 e. The van der Waals surface area contributed by atoms with E-state index in [0.29, 0.717) is 11.8 Å². The smallest absolute Gasteiger partial charge is 0.137 e. The Bertz CT molecular complexity index is 253. The van der Waals surface area contributed by atoms with E-state index in [9.17, 15) is 4.79 Å². The first-order valence-electron chi connectivity index (χ1n) is 7.19. The van der Waals surface area contributed by atoms with Gasteiger partial charge >= 0.3 is 0 Å². The van der Waals surface area contributed by atoms with Gasteiger partial charge in [-0.25, -0.2) is 0 Å². The summed E-state index contributed by atoms with van der Waals surface area (Å²) >= 11 is 0. The zero-order valence-corrected chi connectivity index (χ0v) is 10.7. The summed E-state index contributed by atoms with van der Waals surface area (Å²) in [6, 6.07) is 0.517. The number of Topliss-reactive ketones (excluding diaryl/α,β-unsaturated/α-hetero) is 1. The van der Waals surface area contributed by atoms with Crippen molar-refractivity contribution in [1.82, 2.24) is 4.90 Å². The highest BCUT2D eigenvalue weighted by Crippen LogP contribution is 2.26. The summed E-state index contributed by atoms with van der Waals surface area (Å²) in [6.07, 6.45) is 8.79. The van der Waals surface area contributed by atoms with Crippen LogP contribution in [0, 0.1) is 5.92 Å². The third kappa shape index (κ3) is 3.52. The van der Waals surface area contributed by atoms with Gasteiger partial charge < -0.3 is 5.11 Å². The quantitative estimate of drug-likeness (QED) is 0.815. The molecule has 98 valence electrons. The van der Waals surface area contributed by atoms with Crippen LogP contribution in [-0.4, -0.2) is 41.5 Å². The Morgan fingerprint density at radius 2 is 2.00 bits per heavy atom. The van der Waals surface area contributed by atoms with Crippen LogP contribution in [0.5, 0.6) is 0 Å². The molecule has 3 nitrogen and oxygen atoms in total. The maximum absolute atomic E-state index is 11.9. The Hall–Kier alpha value is -0.410. The van der Waals surface area contributed by atoms with E-state index in [-0.39, 0.29) is 12.5 Å². The molecule has 2 atom stereocenters. The van der Waals surface area contributed by atoms with Crippen LogP contribution in [0.1, 0.15) is 51.4 Å². The molecule has 1 aliphatic carbocycles. The van der Waals surface area contributed by atoms with Crippen molar-refractivity contribution in [3.05, 3.63) is 0 Å². The lowest BCUT2D eigenvalue weighted by atomic mass is 9.86. The molecule has 1 heterocycles. The van der Waals surface area contributed by atoms with Crippen LogP contribution in [-0.2, 0) is 4.79 Å². The average molecular weight is 239 g/mol. The molecule has 2 fully saturated rings. The number of ketones is 1. The van der Waals surface area contributed by atoms with Crippen LogP contribution < -0.4 is 0 Å².